The van der Waals surface area contributed by atoms with Gasteiger partial charge in [0.05, 0.1) is 17.8 Å². The second-order valence-electron chi connectivity index (χ2n) is 9.05. The molecule has 1 atom stereocenters. The van der Waals surface area contributed by atoms with E-state index < -0.39 is 29.2 Å². The number of rotatable bonds is 6. The van der Waals surface area contributed by atoms with E-state index in [1.165, 1.54) is 23.1 Å². The van der Waals surface area contributed by atoms with Crippen LogP contribution in [0.15, 0.2) is 24.3 Å². The zero-order valence-electron chi connectivity index (χ0n) is 18.7. The van der Waals surface area contributed by atoms with Crippen molar-refractivity contribution in [3.05, 3.63) is 29.8 Å². The lowest BCUT2D eigenvalue weighted by Crippen LogP contribution is -2.53. The first-order valence-electron chi connectivity index (χ1n) is 11.1. The molecule has 1 aliphatic carbocycles. The number of halogens is 3. The molecule has 1 saturated carbocycles. The lowest BCUT2D eigenvalue weighted by Gasteiger charge is -2.35. The summed E-state index contributed by atoms with van der Waals surface area (Å²) in [7, 11) is 0. The summed E-state index contributed by atoms with van der Waals surface area (Å²) >= 11 is 0. The lowest BCUT2D eigenvalue weighted by atomic mass is 9.96. The molecule has 0 spiro atoms. The Morgan fingerprint density at radius 3 is 2.35 bits per heavy atom. The van der Waals surface area contributed by atoms with Gasteiger partial charge in [0.1, 0.15) is 12.1 Å². The van der Waals surface area contributed by atoms with Crippen LogP contribution in [0.3, 0.4) is 0 Å². The molecular formula is C22H26F3N5O4. The molecule has 2 N–H and O–H groups in total. The Morgan fingerprint density at radius 2 is 1.74 bits per heavy atom. The number of imide groups is 1. The maximum absolute atomic E-state index is 13.1. The maximum atomic E-state index is 13.1. The number of piperazine rings is 1. The van der Waals surface area contributed by atoms with Crippen LogP contribution in [-0.2, 0) is 20.6 Å². The zero-order chi connectivity index (χ0) is 24.7. The summed E-state index contributed by atoms with van der Waals surface area (Å²) in [5.41, 5.74) is -2.17. The number of carbonyl (C=O) groups is 4. The van der Waals surface area contributed by atoms with E-state index in [-0.39, 0.29) is 49.6 Å². The molecule has 9 nitrogen and oxygen atoms in total. The number of benzene rings is 1. The average molecular weight is 481 g/mol. The van der Waals surface area contributed by atoms with E-state index in [0.717, 1.165) is 23.8 Å². The minimum absolute atomic E-state index is 0.0989. The van der Waals surface area contributed by atoms with Gasteiger partial charge in [0.2, 0.25) is 11.8 Å². The second-order valence-corrected chi connectivity index (χ2v) is 9.05. The van der Waals surface area contributed by atoms with Gasteiger partial charge in [-0.1, -0.05) is 12.1 Å². The van der Waals surface area contributed by atoms with Gasteiger partial charge in [-0.2, -0.15) is 13.2 Å². The molecule has 184 valence electrons. The fraction of sp³-hybridized carbons (Fsp3) is 0.545. The average Bonchev–Trinajstić information content (AvgIpc) is 3.60. The zero-order valence-corrected chi connectivity index (χ0v) is 18.7. The van der Waals surface area contributed by atoms with Crippen LogP contribution < -0.4 is 10.6 Å². The van der Waals surface area contributed by atoms with Gasteiger partial charge in [-0.05, 0) is 37.8 Å². The van der Waals surface area contributed by atoms with Gasteiger partial charge >= 0.3 is 12.2 Å². The van der Waals surface area contributed by atoms with Gasteiger partial charge in [0, 0.05) is 26.2 Å². The summed E-state index contributed by atoms with van der Waals surface area (Å²) in [6.07, 6.45) is -2.86. The first-order valence-corrected chi connectivity index (χ1v) is 11.1. The number of urea groups is 1. The largest absolute Gasteiger partial charge is 0.418 e. The quantitative estimate of drug-likeness (QED) is 0.600. The molecule has 0 radical (unpaired) electrons. The van der Waals surface area contributed by atoms with E-state index in [9.17, 15) is 32.3 Å². The Labute approximate surface area is 194 Å². The Hall–Kier alpha value is -3.15. The van der Waals surface area contributed by atoms with Crippen LogP contribution in [0.1, 0.15) is 25.3 Å². The maximum Gasteiger partial charge on any atom is 0.418 e. The highest BCUT2D eigenvalue weighted by atomic mass is 19.4. The number of carbonyl (C=O) groups excluding carboxylic acids is 4. The fourth-order valence-corrected chi connectivity index (χ4v) is 4.42. The van der Waals surface area contributed by atoms with Crippen LogP contribution in [0.2, 0.25) is 0 Å². The van der Waals surface area contributed by atoms with Crippen molar-refractivity contribution >= 4 is 29.4 Å². The van der Waals surface area contributed by atoms with Gasteiger partial charge in [0.15, 0.2) is 0 Å². The van der Waals surface area contributed by atoms with Crippen molar-refractivity contribution in [1.82, 2.24) is 20.0 Å². The van der Waals surface area contributed by atoms with Gasteiger partial charge in [0.25, 0.3) is 5.91 Å². The number of amides is 5. The summed E-state index contributed by atoms with van der Waals surface area (Å²) in [5.74, 6) is -1.24. The summed E-state index contributed by atoms with van der Waals surface area (Å²) in [4.78, 5) is 54.2. The molecule has 0 bridgehead atoms. The van der Waals surface area contributed by atoms with E-state index in [4.69, 9.17) is 0 Å². The molecular weight excluding hydrogens is 455 g/mol. The van der Waals surface area contributed by atoms with E-state index in [1.54, 1.807) is 11.8 Å². The van der Waals surface area contributed by atoms with Crippen molar-refractivity contribution in [3.8, 4) is 0 Å². The predicted molar refractivity (Wildman–Crippen MR) is 114 cm³/mol. The highest BCUT2D eigenvalue weighted by Crippen LogP contribution is 2.42. The fourth-order valence-electron chi connectivity index (χ4n) is 4.42. The van der Waals surface area contributed by atoms with E-state index in [2.05, 4.69) is 10.6 Å². The molecule has 1 aromatic rings. The molecule has 3 aliphatic rings. The monoisotopic (exact) mass is 481 g/mol. The highest BCUT2D eigenvalue weighted by molar-refractivity contribution is 6.09. The summed E-state index contributed by atoms with van der Waals surface area (Å²) < 4.78 is 39.3. The molecule has 4 rings (SSSR count). The summed E-state index contributed by atoms with van der Waals surface area (Å²) in [5, 5.41) is 5.01. The molecule has 0 aromatic heterocycles. The third-order valence-electron chi connectivity index (χ3n) is 6.59. The number of nitrogens with zero attached hydrogens (tertiary/aromatic N) is 3. The van der Waals surface area contributed by atoms with E-state index in [0.29, 0.717) is 13.1 Å². The minimum atomic E-state index is -4.58. The standard InChI is InChI=1S/C22H26F3N5O4/c1-21(14-6-7-14)19(33)30(20(34)27-21)13-18(32)29-10-8-28(9-11-29)12-17(31)26-16-5-3-2-4-15(16)22(23,24)25/h2-5,14H,6-13H2,1H3,(H,26,31)(H,27,34)/t21-/m0/s1. The van der Waals surface area contributed by atoms with Gasteiger partial charge < -0.3 is 15.5 Å². The number of hydrogen-bond acceptors (Lipinski definition) is 5. The van der Waals surface area contributed by atoms with Crippen LogP contribution in [0.5, 0.6) is 0 Å². The molecule has 5 amide bonds. The predicted octanol–water partition coefficient (Wildman–Crippen LogP) is 1.51. The molecule has 1 aromatic carbocycles. The number of hydrogen-bond donors (Lipinski definition) is 2. The van der Waals surface area contributed by atoms with Crippen molar-refractivity contribution in [1.29, 1.82) is 0 Å². The van der Waals surface area contributed by atoms with Crippen LogP contribution >= 0.6 is 0 Å². The Balaban J connectivity index is 1.26. The van der Waals surface area contributed by atoms with Crippen LogP contribution in [0.4, 0.5) is 23.7 Å². The topological polar surface area (TPSA) is 102 Å². The molecule has 3 fully saturated rings. The normalized spacial score (nSPS) is 23.8. The number of para-hydroxylation sites is 1. The SMILES string of the molecule is C[C@@]1(C2CC2)NC(=O)N(CC(=O)N2CCN(CC(=O)Nc3ccccc3C(F)(F)F)CC2)C1=O. The van der Waals surface area contributed by atoms with Crippen molar-refractivity contribution in [3.63, 3.8) is 0 Å². The van der Waals surface area contributed by atoms with Gasteiger partial charge in [-0.3, -0.25) is 24.2 Å². The first kappa shape index (κ1) is 24.0. The van der Waals surface area contributed by atoms with Crippen molar-refractivity contribution < 1.29 is 32.3 Å². The molecule has 34 heavy (non-hydrogen) atoms. The summed E-state index contributed by atoms with van der Waals surface area (Å²) in [6, 6.07) is 4.19. The third-order valence-corrected chi connectivity index (χ3v) is 6.59. The van der Waals surface area contributed by atoms with Crippen LogP contribution in [0.25, 0.3) is 0 Å². The number of alkyl halides is 3. The number of anilines is 1. The van der Waals surface area contributed by atoms with E-state index in [1.807, 2.05) is 0 Å². The molecule has 0 unspecified atom stereocenters. The van der Waals surface area contributed by atoms with Crippen molar-refractivity contribution in [2.45, 2.75) is 31.5 Å². The van der Waals surface area contributed by atoms with Crippen molar-refractivity contribution in [2.75, 3.05) is 44.6 Å². The van der Waals surface area contributed by atoms with Crippen molar-refractivity contribution in [2.24, 2.45) is 5.92 Å². The highest BCUT2D eigenvalue weighted by Gasteiger charge is 2.56. The van der Waals surface area contributed by atoms with Gasteiger partial charge in [-0.25, -0.2) is 4.79 Å². The van der Waals surface area contributed by atoms with Crippen LogP contribution in [-0.4, -0.2) is 83.3 Å². The van der Waals surface area contributed by atoms with E-state index >= 15 is 0 Å². The Bertz CT molecular complexity index is 1000. The third kappa shape index (κ3) is 4.86. The molecule has 2 saturated heterocycles. The molecule has 2 aliphatic heterocycles. The molecule has 12 heteroatoms. The van der Waals surface area contributed by atoms with Gasteiger partial charge in [-0.15, -0.1) is 0 Å². The first-order chi connectivity index (χ1) is 16.0. The smallest absolute Gasteiger partial charge is 0.339 e. The summed E-state index contributed by atoms with van der Waals surface area (Å²) in [6.45, 7) is 2.43. The molecule has 2 heterocycles. The number of nitrogens with one attached hydrogen (secondary N) is 2. The Kier molecular flexibility index (Phi) is 6.28. The van der Waals surface area contributed by atoms with Crippen LogP contribution in [0, 0.1) is 5.92 Å². The Morgan fingerprint density at radius 1 is 1.09 bits per heavy atom. The minimum Gasteiger partial charge on any atom is -0.339 e. The second kappa shape index (κ2) is 8.90. The lowest BCUT2D eigenvalue weighted by molar-refractivity contribution is -0.140.